The molecule has 1 aromatic heterocycles. The fourth-order valence-electron chi connectivity index (χ4n) is 2.01. The average Bonchev–Trinajstić information content (AvgIpc) is 2.81. The van der Waals surface area contributed by atoms with Crippen molar-refractivity contribution in [2.45, 2.75) is 13.8 Å². The standard InChI is InChI=1S/C16H17N3O3/c1-3-22-16(21)19-14(5-4-8-18-11(2)20)10-12-9-13(17)6-7-15(12)19/h6-7,9-10H,3,8,17H2,1-2H3,(H,18,20). The number of carbonyl (C=O) groups is 2. The SMILES string of the molecule is CCOC(=O)n1c(C#CCNC(C)=O)cc2cc(N)ccc21. The van der Waals surface area contributed by atoms with Crippen molar-refractivity contribution in [3.8, 4) is 11.8 Å². The van der Waals surface area contributed by atoms with Crippen molar-refractivity contribution in [3.63, 3.8) is 0 Å². The average molecular weight is 299 g/mol. The molecule has 2 rings (SSSR count). The van der Waals surface area contributed by atoms with Gasteiger partial charge in [-0.15, -0.1) is 0 Å². The van der Waals surface area contributed by atoms with Crippen molar-refractivity contribution < 1.29 is 14.3 Å². The molecule has 3 N–H and O–H groups in total. The van der Waals surface area contributed by atoms with Gasteiger partial charge >= 0.3 is 6.09 Å². The fourth-order valence-corrected chi connectivity index (χ4v) is 2.01. The minimum atomic E-state index is -0.494. The number of aromatic nitrogens is 1. The van der Waals surface area contributed by atoms with E-state index < -0.39 is 6.09 Å². The van der Waals surface area contributed by atoms with Gasteiger partial charge in [-0.05, 0) is 37.1 Å². The van der Waals surface area contributed by atoms with E-state index in [0.29, 0.717) is 16.9 Å². The van der Waals surface area contributed by atoms with Crippen LogP contribution in [0.3, 0.4) is 0 Å². The summed E-state index contributed by atoms with van der Waals surface area (Å²) < 4.78 is 6.47. The second-order valence-corrected chi connectivity index (χ2v) is 4.59. The minimum Gasteiger partial charge on any atom is -0.449 e. The Morgan fingerprint density at radius 1 is 1.36 bits per heavy atom. The molecule has 0 fully saturated rings. The molecule has 0 aliphatic carbocycles. The predicted octanol–water partition coefficient (Wildman–Crippen LogP) is 1.72. The second-order valence-electron chi connectivity index (χ2n) is 4.59. The van der Waals surface area contributed by atoms with Crippen LogP contribution < -0.4 is 11.1 Å². The van der Waals surface area contributed by atoms with E-state index in [0.717, 1.165) is 5.39 Å². The van der Waals surface area contributed by atoms with Crippen molar-refractivity contribution in [3.05, 3.63) is 30.0 Å². The zero-order valence-corrected chi connectivity index (χ0v) is 12.5. The Kier molecular flexibility index (Phi) is 4.69. The van der Waals surface area contributed by atoms with E-state index in [4.69, 9.17) is 10.5 Å². The molecule has 0 spiro atoms. The van der Waals surface area contributed by atoms with Gasteiger partial charge < -0.3 is 15.8 Å². The third kappa shape index (κ3) is 3.38. The fraction of sp³-hybridized carbons (Fsp3) is 0.250. The lowest BCUT2D eigenvalue weighted by Gasteiger charge is -2.06. The summed E-state index contributed by atoms with van der Waals surface area (Å²) in [4.78, 5) is 23.0. The van der Waals surface area contributed by atoms with Crippen LogP contribution in [0.5, 0.6) is 0 Å². The molecule has 22 heavy (non-hydrogen) atoms. The third-order valence-electron chi connectivity index (χ3n) is 2.92. The highest BCUT2D eigenvalue weighted by molar-refractivity contribution is 5.93. The van der Waals surface area contributed by atoms with Crippen molar-refractivity contribution in [2.24, 2.45) is 0 Å². The molecule has 0 radical (unpaired) electrons. The van der Waals surface area contributed by atoms with Crippen LogP contribution in [-0.4, -0.2) is 29.7 Å². The number of hydrogen-bond donors (Lipinski definition) is 2. The van der Waals surface area contributed by atoms with E-state index in [1.165, 1.54) is 11.5 Å². The summed E-state index contributed by atoms with van der Waals surface area (Å²) in [6, 6.07) is 7.00. The Hall–Kier alpha value is -2.94. The Morgan fingerprint density at radius 2 is 2.14 bits per heavy atom. The molecule has 114 valence electrons. The van der Waals surface area contributed by atoms with E-state index in [2.05, 4.69) is 17.2 Å². The van der Waals surface area contributed by atoms with E-state index in [1.807, 2.05) is 0 Å². The van der Waals surface area contributed by atoms with Crippen molar-refractivity contribution in [2.75, 3.05) is 18.9 Å². The number of nitrogen functional groups attached to an aromatic ring is 1. The number of anilines is 1. The smallest absolute Gasteiger partial charge is 0.419 e. The van der Waals surface area contributed by atoms with Gasteiger partial charge in [-0.25, -0.2) is 9.36 Å². The van der Waals surface area contributed by atoms with Crippen LogP contribution in [-0.2, 0) is 9.53 Å². The molecular formula is C16H17N3O3. The molecule has 6 nitrogen and oxygen atoms in total. The number of amides is 1. The quantitative estimate of drug-likeness (QED) is 0.653. The first-order valence-corrected chi connectivity index (χ1v) is 6.84. The number of hydrogen-bond acceptors (Lipinski definition) is 4. The molecule has 0 aliphatic rings. The number of ether oxygens (including phenoxy) is 1. The molecule has 2 aromatic rings. The Labute approximate surface area is 128 Å². The van der Waals surface area contributed by atoms with Gasteiger partial charge in [0.1, 0.15) is 5.69 Å². The lowest BCUT2D eigenvalue weighted by atomic mass is 10.2. The number of rotatable bonds is 2. The molecule has 0 saturated heterocycles. The van der Waals surface area contributed by atoms with Gasteiger partial charge in [0.15, 0.2) is 0 Å². The summed E-state index contributed by atoms with van der Waals surface area (Å²) in [7, 11) is 0. The highest BCUT2D eigenvalue weighted by Crippen LogP contribution is 2.22. The normalized spacial score (nSPS) is 9.91. The van der Waals surface area contributed by atoms with Crippen LogP contribution in [0, 0.1) is 11.8 Å². The third-order valence-corrected chi connectivity index (χ3v) is 2.92. The van der Waals surface area contributed by atoms with Crippen molar-refractivity contribution >= 4 is 28.6 Å². The van der Waals surface area contributed by atoms with Crippen molar-refractivity contribution in [1.82, 2.24) is 9.88 Å². The summed E-state index contributed by atoms with van der Waals surface area (Å²) in [6.45, 7) is 3.64. The number of fused-ring (bicyclic) bond motifs is 1. The number of nitrogens with zero attached hydrogens (tertiary/aromatic N) is 1. The van der Waals surface area contributed by atoms with Gasteiger partial charge in [0.2, 0.25) is 5.91 Å². The van der Waals surface area contributed by atoms with Gasteiger partial charge in [0.25, 0.3) is 0 Å². The number of nitrogens with two attached hydrogens (primary N) is 1. The molecule has 0 saturated carbocycles. The molecule has 1 aromatic carbocycles. The molecule has 0 atom stereocenters. The Balaban J connectivity index is 2.44. The lowest BCUT2D eigenvalue weighted by Crippen LogP contribution is -2.19. The summed E-state index contributed by atoms with van der Waals surface area (Å²) in [5.41, 5.74) is 7.53. The summed E-state index contributed by atoms with van der Waals surface area (Å²) >= 11 is 0. The van der Waals surface area contributed by atoms with Crippen LogP contribution in [0.1, 0.15) is 19.5 Å². The summed E-state index contributed by atoms with van der Waals surface area (Å²) in [6.07, 6.45) is -0.494. The Bertz CT molecular complexity index is 781. The predicted molar refractivity (Wildman–Crippen MR) is 84.3 cm³/mol. The van der Waals surface area contributed by atoms with E-state index in [-0.39, 0.29) is 19.1 Å². The summed E-state index contributed by atoms with van der Waals surface area (Å²) in [5.74, 6) is 5.52. The first-order chi connectivity index (χ1) is 10.5. The maximum absolute atomic E-state index is 12.1. The largest absolute Gasteiger partial charge is 0.449 e. The van der Waals surface area contributed by atoms with E-state index >= 15 is 0 Å². The number of benzene rings is 1. The Morgan fingerprint density at radius 3 is 2.82 bits per heavy atom. The van der Waals surface area contributed by atoms with Crippen LogP contribution in [0.15, 0.2) is 24.3 Å². The second kappa shape index (κ2) is 6.68. The highest BCUT2D eigenvalue weighted by Gasteiger charge is 2.15. The lowest BCUT2D eigenvalue weighted by molar-refractivity contribution is -0.118. The summed E-state index contributed by atoms with van der Waals surface area (Å²) in [5, 5.41) is 3.38. The van der Waals surface area contributed by atoms with Crippen LogP contribution in [0.4, 0.5) is 10.5 Å². The van der Waals surface area contributed by atoms with Gasteiger partial charge in [0.05, 0.1) is 18.7 Å². The molecule has 0 unspecified atom stereocenters. The molecule has 0 bridgehead atoms. The molecule has 1 heterocycles. The molecule has 6 heteroatoms. The first-order valence-electron chi connectivity index (χ1n) is 6.84. The van der Waals surface area contributed by atoms with Gasteiger partial charge in [-0.1, -0.05) is 5.92 Å². The molecule has 0 aliphatic heterocycles. The number of nitrogens with one attached hydrogen (secondary N) is 1. The van der Waals surface area contributed by atoms with Crippen LogP contribution in [0.25, 0.3) is 10.9 Å². The van der Waals surface area contributed by atoms with E-state index in [1.54, 1.807) is 31.2 Å². The number of carbonyl (C=O) groups excluding carboxylic acids is 2. The zero-order valence-electron chi connectivity index (χ0n) is 12.5. The monoisotopic (exact) mass is 299 g/mol. The van der Waals surface area contributed by atoms with Gasteiger partial charge in [-0.2, -0.15) is 0 Å². The zero-order chi connectivity index (χ0) is 16.1. The first kappa shape index (κ1) is 15.4. The maximum Gasteiger partial charge on any atom is 0.419 e. The minimum absolute atomic E-state index is 0.159. The molecular weight excluding hydrogens is 282 g/mol. The highest BCUT2D eigenvalue weighted by atomic mass is 16.5. The van der Waals surface area contributed by atoms with E-state index in [9.17, 15) is 9.59 Å². The topological polar surface area (TPSA) is 86.3 Å². The molecule has 1 amide bonds. The maximum atomic E-state index is 12.1. The van der Waals surface area contributed by atoms with Gasteiger partial charge in [-0.3, -0.25) is 4.79 Å². The van der Waals surface area contributed by atoms with Gasteiger partial charge in [0, 0.05) is 18.0 Å². The van der Waals surface area contributed by atoms with Crippen molar-refractivity contribution in [1.29, 1.82) is 0 Å². The van der Waals surface area contributed by atoms with Crippen LogP contribution >= 0.6 is 0 Å². The van der Waals surface area contributed by atoms with Crippen LogP contribution in [0.2, 0.25) is 0 Å².